The molecule has 1 N–H and O–H groups in total. The molecule has 17 heavy (non-hydrogen) atoms. The summed E-state index contributed by atoms with van der Waals surface area (Å²) >= 11 is 3.52. The van der Waals surface area contributed by atoms with Crippen LogP contribution in [0.3, 0.4) is 0 Å². The van der Waals surface area contributed by atoms with Gasteiger partial charge in [0, 0.05) is 16.9 Å². The van der Waals surface area contributed by atoms with E-state index in [1.165, 1.54) is 11.1 Å². The Bertz CT molecular complexity index is 479. The van der Waals surface area contributed by atoms with Gasteiger partial charge in [0.05, 0.1) is 6.26 Å². The summed E-state index contributed by atoms with van der Waals surface area (Å²) in [6.45, 7) is 2.10. The Labute approximate surface area is 110 Å². The molecule has 0 aliphatic heterocycles. The molecule has 0 aliphatic carbocycles. The predicted octanol–water partition coefficient (Wildman–Crippen LogP) is 3.85. The second-order valence-electron chi connectivity index (χ2n) is 4.13. The first-order chi connectivity index (χ1) is 8.20. The van der Waals surface area contributed by atoms with Crippen molar-refractivity contribution in [1.82, 2.24) is 5.32 Å². The number of likely N-dealkylation sites (N-methyl/N-ethyl adjacent to an activating group) is 1. The highest BCUT2D eigenvalue weighted by Gasteiger charge is 2.12. The minimum atomic E-state index is 0.285. The second kappa shape index (κ2) is 5.52. The van der Waals surface area contributed by atoms with Gasteiger partial charge in [0.25, 0.3) is 0 Å². The highest BCUT2D eigenvalue weighted by atomic mass is 79.9. The van der Waals surface area contributed by atoms with Gasteiger partial charge in [0.2, 0.25) is 0 Å². The van der Waals surface area contributed by atoms with Crippen molar-refractivity contribution < 1.29 is 4.42 Å². The van der Waals surface area contributed by atoms with Gasteiger partial charge in [-0.3, -0.25) is 0 Å². The number of benzene rings is 1. The molecule has 3 heteroatoms. The lowest BCUT2D eigenvalue weighted by Gasteiger charge is -2.16. The van der Waals surface area contributed by atoms with E-state index in [1.54, 1.807) is 6.26 Å². The fourth-order valence-corrected chi connectivity index (χ4v) is 2.15. The molecule has 0 fully saturated rings. The van der Waals surface area contributed by atoms with E-state index in [1.807, 2.05) is 19.2 Å². The quantitative estimate of drug-likeness (QED) is 0.926. The zero-order chi connectivity index (χ0) is 12.3. The highest BCUT2D eigenvalue weighted by Crippen LogP contribution is 2.23. The molecule has 0 aliphatic rings. The number of nitrogens with one attached hydrogen (secondary N) is 1. The Kier molecular flexibility index (Phi) is 4.02. The van der Waals surface area contributed by atoms with Gasteiger partial charge in [-0.05, 0) is 43.3 Å². The molecule has 0 saturated carbocycles. The van der Waals surface area contributed by atoms with Gasteiger partial charge in [-0.2, -0.15) is 0 Å². The van der Waals surface area contributed by atoms with Crippen LogP contribution in [-0.2, 0) is 6.42 Å². The molecule has 0 spiro atoms. The topological polar surface area (TPSA) is 25.2 Å². The van der Waals surface area contributed by atoms with E-state index >= 15 is 0 Å². The summed E-state index contributed by atoms with van der Waals surface area (Å²) in [5, 5.41) is 3.33. The van der Waals surface area contributed by atoms with Gasteiger partial charge >= 0.3 is 0 Å². The van der Waals surface area contributed by atoms with Crippen LogP contribution in [0.15, 0.2) is 45.5 Å². The minimum absolute atomic E-state index is 0.285. The third-order valence-electron chi connectivity index (χ3n) is 2.92. The zero-order valence-electron chi connectivity index (χ0n) is 10.0. The van der Waals surface area contributed by atoms with Crippen LogP contribution in [0.1, 0.15) is 22.9 Å². The number of aryl methyl sites for hydroxylation is 1. The summed E-state index contributed by atoms with van der Waals surface area (Å²) in [6.07, 6.45) is 2.58. The number of hydrogen-bond donors (Lipinski definition) is 1. The third kappa shape index (κ3) is 2.99. The molecule has 0 amide bonds. The molecule has 1 aromatic carbocycles. The second-order valence-corrected chi connectivity index (χ2v) is 4.99. The molecule has 2 aromatic rings. The van der Waals surface area contributed by atoms with E-state index in [0.29, 0.717) is 0 Å². The van der Waals surface area contributed by atoms with Gasteiger partial charge < -0.3 is 9.73 Å². The maximum atomic E-state index is 5.39. The number of furan rings is 1. The Morgan fingerprint density at radius 1 is 1.35 bits per heavy atom. The molecule has 2 nitrogen and oxygen atoms in total. The lowest BCUT2D eigenvalue weighted by molar-refractivity contribution is 0.466. The van der Waals surface area contributed by atoms with Gasteiger partial charge in [-0.25, -0.2) is 0 Å². The first-order valence-electron chi connectivity index (χ1n) is 5.66. The van der Waals surface area contributed by atoms with E-state index in [9.17, 15) is 0 Å². The molecule has 1 atom stereocenters. The van der Waals surface area contributed by atoms with Crippen molar-refractivity contribution >= 4 is 15.9 Å². The van der Waals surface area contributed by atoms with Crippen LogP contribution >= 0.6 is 15.9 Å². The van der Waals surface area contributed by atoms with Gasteiger partial charge in [-0.15, -0.1) is 0 Å². The fraction of sp³-hybridized carbons (Fsp3) is 0.286. The lowest BCUT2D eigenvalue weighted by Crippen LogP contribution is -2.18. The maximum Gasteiger partial charge on any atom is 0.105 e. The average Bonchev–Trinajstić information content (AvgIpc) is 2.82. The van der Waals surface area contributed by atoms with E-state index in [4.69, 9.17) is 4.42 Å². The number of rotatable bonds is 4. The van der Waals surface area contributed by atoms with E-state index in [-0.39, 0.29) is 6.04 Å². The summed E-state index contributed by atoms with van der Waals surface area (Å²) in [7, 11) is 1.98. The third-order valence-corrected chi connectivity index (χ3v) is 3.81. The van der Waals surface area contributed by atoms with Crippen molar-refractivity contribution in [1.29, 1.82) is 0 Å². The molecule has 1 unspecified atom stereocenters. The lowest BCUT2D eigenvalue weighted by atomic mass is 10.0. The normalized spacial score (nSPS) is 12.6. The molecule has 0 saturated heterocycles. The monoisotopic (exact) mass is 293 g/mol. The van der Waals surface area contributed by atoms with Gasteiger partial charge in [-0.1, -0.05) is 28.1 Å². The molecular formula is C14H16BrNO. The van der Waals surface area contributed by atoms with Crippen LogP contribution < -0.4 is 5.32 Å². The summed E-state index contributed by atoms with van der Waals surface area (Å²) < 4.78 is 6.54. The van der Waals surface area contributed by atoms with Crippen molar-refractivity contribution in [3.63, 3.8) is 0 Å². The first kappa shape index (κ1) is 12.4. The molecule has 0 bridgehead atoms. The number of halogens is 1. The van der Waals surface area contributed by atoms with E-state index < -0.39 is 0 Å². The largest absolute Gasteiger partial charge is 0.469 e. The summed E-state index contributed by atoms with van der Waals surface area (Å²) in [4.78, 5) is 0. The Balaban J connectivity index is 2.20. The SMILES string of the molecule is CNC(Cc1ccco1)c1ccc(Br)c(C)c1. The Morgan fingerprint density at radius 2 is 2.18 bits per heavy atom. The molecular weight excluding hydrogens is 278 g/mol. The highest BCUT2D eigenvalue weighted by molar-refractivity contribution is 9.10. The maximum absolute atomic E-state index is 5.39. The summed E-state index contributed by atoms with van der Waals surface area (Å²) in [5.74, 6) is 1.00. The minimum Gasteiger partial charge on any atom is -0.469 e. The van der Waals surface area contributed by atoms with Crippen LogP contribution in [-0.4, -0.2) is 7.05 Å². The summed E-state index contributed by atoms with van der Waals surface area (Å²) in [6, 6.07) is 10.7. The molecule has 90 valence electrons. The van der Waals surface area contributed by atoms with Crippen molar-refractivity contribution in [2.24, 2.45) is 0 Å². The van der Waals surface area contributed by atoms with Crippen LogP contribution in [0, 0.1) is 6.92 Å². The Morgan fingerprint density at radius 3 is 2.76 bits per heavy atom. The van der Waals surface area contributed by atoms with Gasteiger partial charge in [0.1, 0.15) is 5.76 Å². The van der Waals surface area contributed by atoms with Crippen LogP contribution in [0.25, 0.3) is 0 Å². The van der Waals surface area contributed by atoms with Gasteiger partial charge in [0.15, 0.2) is 0 Å². The van der Waals surface area contributed by atoms with Crippen LogP contribution in [0.5, 0.6) is 0 Å². The van der Waals surface area contributed by atoms with Crippen LogP contribution in [0.2, 0.25) is 0 Å². The summed E-state index contributed by atoms with van der Waals surface area (Å²) in [5.41, 5.74) is 2.53. The molecule has 2 rings (SSSR count). The number of hydrogen-bond acceptors (Lipinski definition) is 2. The smallest absolute Gasteiger partial charge is 0.105 e. The molecule has 1 heterocycles. The molecule has 0 radical (unpaired) electrons. The van der Waals surface area contributed by atoms with E-state index in [0.717, 1.165) is 16.7 Å². The fourth-order valence-electron chi connectivity index (χ4n) is 1.90. The van der Waals surface area contributed by atoms with Crippen LogP contribution in [0.4, 0.5) is 0 Å². The zero-order valence-corrected chi connectivity index (χ0v) is 11.6. The van der Waals surface area contributed by atoms with Crippen molar-refractivity contribution in [2.75, 3.05) is 7.05 Å². The van der Waals surface area contributed by atoms with Crippen molar-refractivity contribution in [3.05, 3.63) is 58.0 Å². The molecule has 1 aromatic heterocycles. The standard InChI is InChI=1S/C14H16BrNO/c1-10-8-11(5-6-13(10)15)14(16-2)9-12-4-3-7-17-12/h3-8,14,16H,9H2,1-2H3. The van der Waals surface area contributed by atoms with Crippen molar-refractivity contribution in [2.45, 2.75) is 19.4 Å². The predicted molar refractivity (Wildman–Crippen MR) is 73.1 cm³/mol. The average molecular weight is 294 g/mol. The Hall–Kier alpha value is -1.06. The van der Waals surface area contributed by atoms with E-state index in [2.05, 4.69) is 46.4 Å². The first-order valence-corrected chi connectivity index (χ1v) is 6.45. The van der Waals surface area contributed by atoms with Crippen molar-refractivity contribution in [3.8, 4) is 0 Å².